The van der Waals surface area contributed by atoms with Crippen LogP contribution in [0.25, 0.3) is 11.8 Å². The van der Waals surface area contributed by atoms with E-state index in [0.29, 0.717) is 33.0 Å². The Hall–Kier alpha value is -3.88. The van der Waals surface area contributed by atoms with Gasteiger partial charge in [-0.1, -0.05) is 72.0 Å². The molecule has 6 nitrogen and oxygen atoms in total. The van der Waals surface area contributed by atoms with Crippen molar-refractivity contribution in [1.82, 2.24) is 4.57 Å². The third kappa shape index (κ3) is 5.35. The van der Waals surface area contributed by atoms with Crippen molar-refractivity contribution in [3.05, 3.63) is 121 Å². The summed E-state index contributed by atoms with van der Waals surface area (Å²) in [4.78, 5) is 34.1. The molecule has 0 unspecified atom stereocenters. The Balaban J connectivity index is 1.81. The molecule has 2 heterocycles. The maximum atomic E-state index is 14.0. The number of aromatic nitrogens is 1. The first-order chi connectivity index (χ1) is 19.0. The summed E-state index contributed by atoms with van der Waals surface area (Å²) in [6.07, 6.45) is 3.84. The van der Waals surface area contributed by atoms with Crippen LogP contribution in [-0.2, 0) is 9.53 Å². The highest BCUT2D eigenvalue weighted by molar-refractivity contribution is 7.98. The van der Waals surface area contributed by atoms with Crippen molar-refractivity contribution in [2.24, 2.45) is 4.99 Å². The predicted molar refractivity (Wildman–Crippen MR) is 157 cm³/mol. The summed E-state index contributed by atoms with van der Waals surface area (Å²) in [5.74, 6) is 0.210. The molecule has 0 amide bonds. The van der Waals surface area contributed by atoms with Gasteiger partial charge in [-0.25, -0.2) is 9.79 Å². The summed E-state index contributed by atoms with van der Waals surface area (Å²) in [5, 5.41) is 0. The first-order valence-corrected chi connectivity index (χ1v) is 14.7. The van der Waals surface area contributed by atoms with E-state index in [-0.39, 0.29) is 12.2 Å². The summed E-state index contributed by atoms with van der Waals surface area (Å²) in [6.45, 7) is 4.42. The molecule has 1 aliphatic rings. The molecule has 5 rings (SSSR count). The van der Waals surface area contributed by atoms with Gasteiger partial charge in [0.05, 0.1) is 35.1 Å². The largest absolute Gasteiger partial charge is 0.493 e. The summed E-state index contributed by atoms with van der Waals surface area (Å²) in [5.41, 5.74) is 3.02. The van der Waals surface area contributed by atoms with Crippen LogP contribution in [0, 0.1) is 0 Å². The van der Waals surface area contributed by atoms with Crippen molar-refractivity contribution in [3.8, 4) is 5.75 Å². The second-order valence-electron chi connectivity index (χ2n) is 8.68. The lowest BCUT2D eigenvalue weighted by molar-refractivity contribution is -0.138. The molecule has 1 aromatic heterocycles. The van der Waals surface area contributed by atoms with Gasteiger partial charge in [-0.15, -0.1) is 11.8 Å². The lowest BCUT2D eigenvalue weighted by atomic mass is 9.93. The average Bonchev–Trinajstić information content (AvgIpc) is 3.28. The number of thioether (sulfide) groups is 1. The topological polar surface area (TPSA) is 69.9 Å². The number of thiazole rings is 1. The zero-order valence-electron chi connectivity index (χ0n) is 21.9. The van der Waals surface area contributed by atoms with Crippen LogP contribution < -0.4 is 19.6 Å². The second-order valence-corrected chi connectivity index (χ2v) is 10.6. The first-order valence-electron chi connectivity index (χ1n) is 12.7. The van der Waals surface area contributed by atoms with Crippen molar-refractivity contribution in [3.63, 3.8) is 0 Å². The number of ether oxygens (including phenoxy) is 2. The van der Waals surface area contributed by atoms with Crippen LogP contribution in [-0.4, -0.2) is 30.0 Å². The van der Waals surface area contributed by atoms with E-state index >= 15 is 0 Å². The van der Waals surface area contributed by atoms with Gasteiger partial charge in [-0.3, -0.25) is 9.36 Å². The molecule has 0 spiro atoms. The smallest absolute Gasteiger partial charge is 0.338 e. The fourth-order valence-corrected chi connectivity index (χ4v) is 5.97. The van der Waals surface area contributed by atoms with Gasteiger partial charge in [-0.05, 0) is 49.9 Å². The molecule has 3 aromatic carbocycles. The van der Waals surface area contributed by atoms with Gasteiger partial charge in [0.25, 0.3) is 5.56 Å². The molecular formula is C31H28N2O4S2. The molecule has 1 atom stereocenters. The molecule has 4 aromatic rings. The Morgan fingerprint density at radius 1 is 1.00 bits per heavy atom. The number of esters is 1. The highest BCUT2D eigenvalue weighted by atomic mass is 32.2. The molecule has 0 fully saturated rings. The van der Waals surface area contributed by atoms with E-state index in [4.69, 9.17) is 14.5 Å². The van der Waals surface area contributed by atoms with Gasteiger partial charge in [0, 0.05) is 16.0 Å². The highest BCUT2D eigenvalue weighted by Gasteiger charge is 2.35. The number of benzene rings is 3. The van der Waals surface area contributed by atoms with E-state index in [1.54, 1.807) is 23.3 Å². The number of nitrogens with zero attached hydrogens (tertiary/aromatic N) is 2. The van der Waals surface area contributed by atoms with E-state index in [1.807, 2.05) is 98.1 Å². The minimum Gasteiger partial charge on any atom is -0.493 e. The Kier molecular flexibility index (Phi) is 8.14. The number of para-hydroxylation sites is 1. The fraction of sp³-hybridized carbons (Fsp3) is 0.194. The molecule has 0 N–H and O–H groups in total. The van der Waals surface area contributed by atoms with Gasteiger partial charge < -0.3 is 9.47 Å². The molecule has 0 bridgehead atoms. The number of rotatable bonds is 8. The van der Waals surface area contributed by atoms with Crippen LogP contribution in [0.4, 0.5) is 0 Å². The molecule has 0 radical (unpaired) electrons. The predicted octanol–water partition coefficient (Wildman–Crippen LogP) is 5.06. The summed E-state index contributed by atoms with van der Waals surface area (Å²) in [6, 6.07) is 24.4. The Morgan fingerprint density at radius 2 is 1.72 bits per heavy atom. The average molecular weight is 557 g/mol. The zero-order valence-corrected chi connectivity index (χ0v) is 23.6. The SMILES string of the molecule is CCOC(=O)C1=C(c2ccccc2)N=c2s/c(=C\c3ccccc3OCC)c(=O)n2[C@H]1c1ccc(SC)cc1. The fourth-order valence-electron chi connectivity index (χ4n) is 4.57. The van der Waals surface area contributed by atoms with Crippen LogP contribution in [0.2, 0.25) is 0 Å². The van der Waals surface area contributed by atoms with Crippen molar-refractivity contribution in [1.29, 1.82) is 0 Å². The van der Waals surface area contributed by atoms with Crippen LogP contribution in [0.1, 0.15) is 36.6 Å². The molecule has 0 saturated heterocycles. The van der Waals surface area contributed by atoms with Crippen molar-refractivity contribution in [2.45, 2.75) is 24.8 Å². The van der Waals surface area contributed by atoms with Gasteiger partial charge >= 0.3 is 5.97 Å². The lowest BCUT2D eigenvalue weighted by Crippen LogP contribution is -2.40. The van der Waals surface area contributed by atoms with Crippen LogP contribution in [0.3, 0.4) is 0 Å². The number of carbonyl (C=O) groups is 1. The molecule has 1 aliphatic heterocycles. The minimum absolute atomic E-state index is 0.209. The molecule has 8 heteroatoms. The van der Waals surface area contributed by atoms with Crippen LogP contribution >= 0.6 is 23.1 Å². The monoisotopic (exact) mass is 556 g/mol. The number of hydrogen-bond donors (Lipinski definition) is 0. The third-order valence-electron chi connectivity index (χ3n) is 6.31. The Labute approximate surface area is 235 Å². The van der Waals surface area contributed by atoms with Crippen LogP contribution in [0.5, 0.6) is 5.75 Å². The number of carbonyl (C=O) groups excluding carboxylic acids is 1. The van der Waals surface area contributed by atoms with E-state index in [0.717, 1.165) is 21.6 Å². The minimum atomic E-state index is -0.698. The molecule has 39 heavy (non-hydrogen) atoms. The van der Waals surface area contributed by atoms with E-state index in [2.05, 4.69) is 0 Å². The van der Waals surface area contributed by atoms with Crippen molar-refractivity contribution < 1.29 is 14.3 Å². The number of fused-ring (bicyclic) bond motifs is 1. The molecule has 0 aliphatic carbocycles. The summed E-state index contributed by atoms with van der Waals surface area (Å²) >= 11 is 2.93. The van der Waals surface area contributed by atoms with Crippen molar-refractivity contribution in [2.75, 3.05) is 19.5 Å². The Bertz CT molecular complexity index is 1700. The number of hydrogen-bond acceptors (Lipinski definition) is 7. The molecule has 198 valence electrons. The van der Waals surface area contributed by atoms with E-state index in [9.17, 15) is 9.59 Å². The third-order valence-corrected chi connectivity index (χ3v) is 8.04. The van der Waals surface area contributed by atoms with Gasteiger partial charge in [0.1, 0.15) is 5.75 Å². The summed E-state index contributed by atoms with van der Waals surface area (Å²) < 4.78 is 13.4. The highest BCUT2D eigenvalue weighted by Crippen LogP contribution is 2.35. The van der Waals surface area contributed by atoms with Crippen LogP contribution in [0.15, 0.2) is 99.1 Å². The van der Waals surface area contributed by atoms with Gasteiger partial charge in [0.15, 0.2) is 4.80 Å². The van der Waals surface area contributed by atoms with E-state index in [1.165, 1.54) is 11.3 Å². The molecule has 0 saturated carbocycles. The zero-order chi connectivity index (χ0) is 27.4. The lowest BCUT2D eigenvalue weighted by Gasteiger charge is -2.26. The van der Waals surface area contributed by atoms with E-state index < -0.39 is 12.0 Å². The second kappa shape index (κ2) is 11.9. The quantitative estimate of drug-likeness (QED) is 0.224. The maximum Gasteiger partial charge on any atom is 0.338 e. The summed E-state index contributed by atoms with van der Waals surface area (Å²) in [7, 11) is 0. The Morgan fingerprint density at radius 3 is 2.41 bits per heavy atom. The normalized spacial score (nSPS) is 15.1. The first kappa shape index (κ1) is 26.7. The van der Waals surface area contributed by atoms with Crippen molar-refractivity contribution >= 4 is 40.8 Å². The molecular weight excluding hydrogens is 528 g/mol. The van der Waals surface area contributed by atoms with Gasteiger partial charge in [-0.2, -0.15) is 0 Å². The maximum absolute atomic E-state index is 14.0. The van der Waals surface area contributed by atoms with Gasteiger partial charge in [0.2, 0.25) is 0 Å². The standard InChI is InChI=1S/C31H28N2O4S2/c1-4-36-24-14-10-9-13-22(24)19-25-29(34)33-28(21-15-17-23(38-3)18-16-21)26(30(35)37-5-2)27(32-31(33)39-25)20-11-7-6-8-12-20/h6-19,28H,4-5H2,1-3H3/b25-19-/t28-/m0/s1.